The van der Waals surface area contributed by atoms with Crippen LogP contribution in [0.1, 0.15) is 58.6 Å². The van der Waals surface area contributed by atoms with Gasteiger partial charge in [-0.05, 0) is 51.2 Å². The first-order valence-electron chi connectivity index (χ1n) is 9.54. The maximum atomic E-state index is 12.4. The molecule has 138 valence electrons. The second-order valence-corrected chi connectivity index (χ2v) is 8.86. The third kappa shape index (κ3) is 3.69. The summed E-state index contributed by atoms with van der Waals surface area (Å²) in [5.74, 6) is 0. The lowest BCUT2D eigenvalue weighted by Gasteiger charge is -2.44. The molecule has 1 aromatic rings. The van der Waals surface area contributed by atoms with E-state index in [0.29, 0.717) is 12.1 Å². The predicted octanol–water partition coefficient (Wildman–Crippen LogP) is 3.88. The molecule has 1 spiro atoms. The third-order valence-corrected chi connectivity index (χ3v) is 5.49. The van der Waals surface area contributed by atoms with E-state index < -0.39 is 5.60 Å². The molecule has 4 heteroatoms. The lowest BCUT2D eigenvalue weighted by Crippen LogP contribution is -2.55. The number of carbonyl (C=O) groups excluding carboxylic acids is 1. The Labute approximate surface area is 151 Å². The van der Waals surface area contributed by atoms with Crippen molar-refractivity contribution in [2.45, 2.75) is 77.0 Å². The van der Waals surface area contributed by atoms with Gasteiger partial charge in [0.1, 0.15) is 5.60 Å². The standard InChI is InChI=1S/C21H32N2O2/c1-15(2)22-18-14-16-8-6-7-9-17(16)21(18)10-12-23(13-11-21)19(24)25-20(3,4)5/h6-9,15,18,22H,10-14H2,1-5H3/t18-/m1/s1. The Bertz CT molecular complexity index is 625. The molecule has 0 radical (unpaired) electrons. The lowest BCUT2D eigenvalue weighted by atomic mass is 9.71. The molecule has 1 fully saturated rings. The van der Waals surface area contributed by atoms with Gasteiger partial charge in [-0.2, -0.15) is 0 Å². The normalized spacial score (nSPS) is 22.3. The molecule has 2 aliphatic rings. The maximum Gasteiger partial charge on any atom is 0.410 e. The molecular weight excluding hydrogens is 312 g/mol. The van der Waals surface area contributed by atoms with E-state index in [9.17, 15) is 4.79 Å². The molecule has 1 saturated heterocycles. The number of amides is 1. The number of hydrogen-bond donors (Lipinski definition) is 1. The van der Waals surface area contributed by atoms with E-state index >= 15 is 0 Å². The van der Waals surface area contributed by atoms with Gasteiger partial charge in [0, 0.05) is 30.6 Å². The average molecular weight is 344 g/mol. The summed E-state index contributed by atoms with van der Waals surface area (Å²) in [4.78, 5) is 14.3. The van der Waals surface area contributed by atoms with Gasteiger partial charge in [-0.15, -0.1) is 0 Å². The molecule has 1 aliphatic carbocycles. The van der Waals surface area contributed by atoms with Crippen molar-refractivity contribution in [2.24, 2.45) is 0 Å². The van der Waals surface area contributed by atoms with E-state index in [1.807, 2.05) is 25.7 Å². The van der Waals surface area contributed by atoms with Crippen LogP contribution in [0.15, 0.2) is 24.3 Å². The van der Waals surface area contributed by atoms with Crippen LogP contribution in [0.3, 0.4) is 0 Å². The maximum absolute atomic E-state index is 12.4. The van der Waals surface area contributed by atoms with Crippen LogP contribution in [0, 0.1) is 0 Å². The number of carbonyl (C=O) groups is 1. The van der Waals surface area contributed by atoms with Crippen molar-refractivity contribution >= 4 is 6.09 Å². The Kier molecular flexibility index (Phi) is 4.84. The van der Waals surface area contributed by atoms with Gasteiger partial charge in [-0.25, -0.2) is 4.79 Å². The van der Waals surface area contributed by atoms with Crippen LogP contribution in [0.5, 0.6) is 0 Å². The molecule has 4 nitrogen and oxygen atoms in total. The predicted molar refractivity (Wildman–Crippen MR) is 101 cm³/mol. The van der Waals surface area contributed by atoms with Gasteiger partial charge in [-0.3, -0.25) is 0 Å². The summed E-state index contributed by atoms with van der Waals surface area (Å²) in [6.07, 6.45) is 2.89. The number of rotatable bonds is 2. The van der Waals surface area contributed by atoms with Crippen molar-refractivity contribution in [3.05, 3.63) is 35.4 Å². The monoisotopic (exact) mass is 344 g/mol. The first kappa shape index (κ1) is 18.2. The topological polar surface area (TPSA) is 41.6 Å². The molecule has 3 rings (SSSR count). The zero-order valence-corrected chi connectivity index (χ0v) is 16.3. The minimum Gasteiger partial charge on any atom is -0.444 e. The van der Waals surface area contributed by atoms with Crippen molar-refractivity contribution in [2.75, 3.05) is 13.1 Å². The number of benzene rings is 1. The quantitative estimate of drug-likeness (QED) is 0.885. The molecule has 1 amide bonds. The zero-order chi connectivity index (χ0) is 18.2. The number of nitrogens with one attached hydrogen (secondary N) is 1. The molecule has 1 aliphatic heterocycles. The lowest BCUT2D eigenvalue weighted by molar-refractivity contribution is 0.0145. The van der Waals surface area contributed by atoms with Crippen LogP contribution < -0.4 is 5.32 Å². The molecule has 0 saturated carbocycles. The zero-order valence-electron chi connectivity index (χ0n) is 16.3. The summed E-state index contributed by atoms with van der Waals surface area (Å²) in [5, 5.41) is 3.80. The summed E-state index contributed by atoms with van der Waals surface area (Å²) in [6, 6.07) is 9.75. The van der Waals surface area contributed by atoms with Crippen LogP contribution in [-0.2, 0) is 16.6 Å². The summed E-state index contributed by atoms with van der Waals surface area (Å²) >= 11 is 0. The summed E-state index contributed by atoms with van der Waals surface area (Å²) in [5.41, 5.74) is 2.65. The number of nitrogens with zero attached hydrogens (tertiary/aromatic N) is 1. The SMILES string of the molecule is CC(C)N[C@@H]1Cc2ccccc2C12CCN(C(=O)OC(C)(C)C)CC2. The van der Waals surface area contributed by atoms with E-state index in [2.05, 4.69) is 43.4 Å². The fourth-order valence-electron chi connectivity index (χ4n) is 4.44. The summed E-state index contributed by atoms with van der Waals surface area (Å²) < 4.78 is 5.56. The minimum atomic E-state index is -0.437. The Morgan fingerprint density at radius 2 is 1.88 bits per heavy atom. The van der Waals surface area contributed by atoms with Crippen LogP contribution >= 0.6 is 0 Å². The van der Waals surface area contributed by atoms with Crippen molar-refractivity contribution in [1.29, 1.82) is 0 Å². The average Bonchev–Trinajstić information content (AvgIpc) is 2.80. The van der Waals surface area contributed by atoms with Crippen LogP contribution in [0.25, 0.3) is 0 Å². The molecule has 0 aromatic heterocycles. The molecule has 1 N–H and O–H groups in total. The van der Waals surface area contributed by atoms with Gasteiger partial charge in [0.25, 0.3) is 0 Å². The number of likely N-dealkylation sites (tertiary alicyclic amines) is 1. The Morgan fingerprint density at radius 3 is 2.48 bits per heavy atom. The van der Waals surface area contributed by atoms with E-state index in [1.54, 1.807) is 0 Å². The highest BCUT2D eigenvalue weighted by molar-refractivity contribution is 5.68. The van der Waals surface area contributed by atoms with Gasteiger partial charge in [-0.1, -0.05) is 38.1 Å². The number of hydrogen-bond acceptors (Lipinski definition) is 3. The number of fused-ring (bicyclic) bond motifs is 2. The smallest absolute Gasteiger partial charge is 0.410 e. The van der Waals surface area contributed by atoms with Crippen LogP contribution in [0.4, 0.5) is 4.79 Å². The molecule has 1 atom stereocenters. The Hall–Kier alpha value is -1.55. The van der Waals surface area contributed by atoms with Crippen molar-refractivity contribution in [3.8, 4) is 0 Å². The van der Waals surface area contributed by atoms with E-state index in [-0.39, 0.29) is 11.5 Å². The van der Waals surface area contributed by atoms with Gasteiger partial charge in [0.2, 0.25) is 0 Å². The van der Waals surface area contributed by atoms with Crippen molar-refractivity contribution < 1.29 is 9.53 Å². The van der Waals surface area contributed by atoms with E-state index in [1.165, 1.54) is 11.1 Å². The number of piperidine rings is 1. The van der Waals surface area contributed by atoms with Gasteiger partial charge in [0.05, 0.1) is 0 Å². The van der Waals surface area contributed by atoms with Gasteiger partial charge >= 0.3 is 6.09 Å². The van der Waals surface area contributed by atoms with Crippen LogP contribution in [0.2, 0.25) is 0 Å². The van der Waals surface area contributed by atoms with Crippen molar-refractivity contribution in [3.63, 3.8) is 0 Å². The highest BCUT2D eigenvalue weighted by atomic mass is 16.6. The molecular formula is C21H32N2O2. The largest absolute Gasteiger partial charge is 0.444 e. The first-order chi connectivity index (χ1) is 11.7. The van der Waals surface area contributed by atoms with Crippen molar-refractivity contribution in [1.82, 2.24) is 10.2 Å². The van der Waals surface area contributed by atoms with E-state index in [0.717, 1.165) is 32.4 Å². The van der Waals surface area contributed by atoms with Gasteiger partial charge < -0.3 is 15.0 Å². The molecule has 25 heavy (non-hydrogen) atoms. The Morgan fingerprint density at radius 1 is 1.24 bits per heavy atom. The fourth-order valence-corrected chi connectivity index (χ4v) is 4.44. The Balaban J connectivity index is 1.78. The second kappa shape index (κ2) is 6.64. The fraction of sp³-hybridized carbons (Fsp3) is 0.667. The minimum absolute atomic E-state index is 0.138. The van der Waals surface area contributed by atoms with Crippen LogP contribution in [-0.4, -0.2) is 41.8 Å². The summed E-state index contributed by atoms with van der Waals surface area (Å²) in [7, 11) is 0. The first-order valence-corrected chi connectivity index (χ1v) is 9.54. The van der Waals surface area contributed by atoms with E-state index in [4.69, 9.17) is 4.74 Å². The number of ether oxygens (including phenoxy) is 1. The molecule has 1 aromatic carbocycles. The molecule has 1 heterocycles. The highest BCUT2D eigenvalue weighted by Gasteiger charge is 2.48. The molecule has 0 bridgehead atoms. The second-order valence-electron chi connectivity index (χ2n) is 8.86. The van der Waals surface area contributed by atoms with Gasteiger partial charge in [0.15, 0.2) is 0 Å². The molecule has 0 unspecified atom stereocenters. The third-order valence-electron chi connectivity index (χ3n) is 5.49. The summed E-state index contributed by atoms with van der Waals surface area (Å²) in [6.45, 7) is 11.7. The highest BCUT2D eigenvalue weighted by Crippen LogP contribution is 2.46.